The second kappa shape index (κ2) is 5.58. The molecule has 2 heterocycles. The molecule has 21 heavy (non-hydrogen) atoms. The number of halogens is 3. The largest absolute Gasteiger partial charge is 0.404 e. The van der Waals surface area contributed by atoms with E-state index in [9.17, 15) is 21.6 Å². The van der Waals surface area contributed by atoms with E-state index in [1.807, 2.05) is 0 Å². The molecule has 1 N–H and O–H groups in total. The Balaban J connectivity index is 2.03. The molecule has 1 aromatic rings. The molecular formula is C11H17F3N4O2S. The lowest BCUT2D eigenvalue weighted by Crippen LogP contribution is -2.54. The van der Waals surface area contributed by atoms with Gasteiger partial charge < -0.3 is 0 Å². The molecule has 1 fully saturated rings. The zero-order valence-corrected chi connectivity index (χ0v) is 12.4. The minimum atomic E-state index is -4.29. The third-order valence-electron chi connectivity index (χ3n) is 3.52. The van der Waals surface area contributed by atoms with Gasteiger partial charge in [-0.2, -0.15) is 18.3 Å². The molecule has 1 aromatic heterocycles. The van der Waals surface area contributed by atoms with E-state index in [2.05, 4.69) is 9.82 Å². The number of aromatic nitrogens is 2. The van der Waals surface area contributed by atoms with E-state index in [1.54, 1.807) is 7.05 Å². The van der Waals surface area contributed by atoms with Gasteiger partial charge in [0, 0.05) is 25.8 Å². The summed E-state index contributed by atoms with van der Waals surface area (Å²) < 4.78 is 66.2. The van der Waals surface area contributed by atoms with Crippen molar-refractivity contribution in [3.05, 3.63) is 12.4 Å². The van der Waals surface area contributed by atoms with Crippen LogP contribution in [-0.2, 0) is 17.1 Å². The van der Waals surface area contributed by atoms with Crippen molar-refractivity contribution in [2.45, 2.75) is 36.0 Å². The van der Waals surface area contributed by atoms with Crippen molar-refractivity contribution in [3.63, 3.8) is 0 Å². The zero-order valence-electron chi connectivity index (χ0n) is 11.6. The van der Waals surface area contributed by atoms with E-state index in [0.29, 0.717) is 0 Å². The van der Waals surface area contributed by atoms with Crippen molar-refractivity contribution in [2.24, 2.45) is 7.05 Å². The highest BCUT2D eigenvalue weighted by Gasteiger charge is 2.45. The van der Waals surface area contributed by atoms with Crippen molar-refractivity contribution in [3.8, 4) is 0 Å². The SMILES string of the molecule is CN1C[C@H](NS(=O)(=O)c2cnn(C)c2)CC[C@H]1C(F)(F)F. The number of aryl methyl sites for hydroxylation is 1. The fourth-order valence-corrected chi connectivity index (χ4v) is 3.72. The molecule has 0 aliphatic carbocycles. The topological polar surface area (TPSA) is 67.2 Å². The Hall–Kier alpha value is -1.13. The van der Waals surface area contributed by atoms with Crippen LogP contribution in [0.15, 0.2) is 17.3 Å². The monoisotopic (exact) mass is 326 g/mol. The molecule has 0 aromatic carbocycles. The van der Waals surface area contributed by atoms with Crippen LogP contribution in [0.3, 0.4) is 0 Å². The number of nitrogens with one attached hydrogen (secondary N) is 1. The van der Waals surface area contributed by atoms with Crippen molar-refractivity contribution in [1.82, 2.24) is 19.4 Å². The summed E-state index contributed by atoms with van der Waals surface area (Å²) in [5.41, 5.74) is 0. The van der Waals surface area contributed by atoms with Gasteiger partial charge >= 0.3 is 6.18 Å². The number of likely N-dealkylation sites (N-methyl/N-ethyl adjacent to an activating group) is 1. The quantitative estimate of drug-likeness (QED) is 0.889. The van der Waals surface area contributed by atoms with Gasteiger partial charge in [-0.1, -0.05) is 0 Å². The minimum Gasteiger partial charge on any atom is -0.294 e. The first-order chi connectivity index (χ1) is 9.59. The Morgan fingerprint density at radius 1 is 1.33 bits per heavy atom. The molecule has 0 spiro atoms. The van der Waals surface area contributed by atoms with Gasteiger partial charge in [-0.25, -0.2) is 13.1 Å². The third kappa shape index (κ3) is 3.74. The molecule has 0 unspecified atom stereocenters. The summed E-state index contributed by atoms with van der Waals surface area (Å²) in [6.07, 6.45) is -1.73. The number of hydrogen-bond donors (Lipinski definition) is 1. The zero-order chi connectivity index (χ0) is 15.8. The molecular weight excluding hydrogens is 309 g/mol. The molecule has 0 radical (unpaired) electrons. The summed E-state index contributed by atoms with van der Waals surface area (Å²) in [4.78, 5) is 1.14. The molecule has 120 valence electrons. The lowest BCUT2D eigenvalue weighted by atomic mass is 9.99. The van der Waals surface area contributed by atoms with Crippen molar-refractivity contribution >= 4 is 10.0 Å². The maximum Gasteiger partial charge on any atom is 0.404 e. The fourth-order valence-electron chi connectivity index (χ4n) is 2.48. The first-order valence-corrected chi connectivity index (χ1v) is 7.86. The number of piperidine rings is 1. The van der Waals surface area contributed by atoms with Gasteiger partial charge in [0.05, 0.1) is 6.20 Å². The van der Waals surface area contributed by atoms with Crippen LogP contribution in [0.1, 0.15) is 12.8 Å². The molecule has 2 atom stereocenters. The molecule has 0 bridgehead atoms. The predicted octanol–water partition coefficient (Wildman–Crippen LogP) is 0.723. The molecule has 0 saturated carbocycles. The average Bonchev–Trinajstić information content (AvgIpc) is 2.74. The van der Waals surface area contributed by atoms with Gasteiger partial charge in [0.1, 0.15) is 10.9 Å². The molecule has 1 saturated heterocycles. The summed E-state index contributed by atoms with van der Waals surface area (Å²) in [7, 11) is -0.822. The summed E-state index contributed by atoms with van der Waals surface area (Å²) in [6, 6.07) is -2.06. The third-order valence-corrected chi connectivity index (χ3v) is 5.00. The van der Waals surface area contributed by atoms with E-state index in [4.69, 9.17) is 0 Å². The number of alkyl halides is 3. The maximum absolute atomic E-state index is 12.7. The van der Waals surface area contributed by atoms with Crippen LogP contribution in [0.5, 0.6) is 0 Å². The van der Waals surface area contributed by atoms with Gasteiger partial charge in [-0.15, -0.1) is 0 Å². The van der Waals surface area contributed by atoms with Gasteiger partial charge in [-0.3, -0.25) is 9.58 Å². The van der Waals surface area contributed by atoms with E-state index in [1.165, 1.54) is 24.1 Å². The normalized spacial score (nSPS) is 25.2. The molecule has 10 heteroatoms. The highest BCUT2D eigenvalue weighted by molar-refractivity contribution is 7.89. The summed E-state index contributed by atoms with van der Waals surface area (Å²) in [5, 5.41) is 3.77. The van der Waals surface area contributed by atoms with Crippen LogP contribution in [0, 0.1) is 0 Å². The highest BCUT2D eigenvalue weighted by atomic mass is 32.2. The second-order valence-corrected chi connectivity index (χ2v) is 6.96. The van der Waals surface area contributed by atoms with Gasteiger partial charge in [0.15, 0.2) is 0 Å². The molecule has 0 amide bonds. The molecule has 2 rings (SSSR count). The summed E-state index contributed by atoms with van der Waals surface area (Å²) in [6.45, 7) is 0.0175. The second-order valence-electron chi connectivity index (χ2n) is 5.24. The average molecular weight is 326 g/mol. The van der Waals surface area contributed by atoms with Crippen LogP contribution >= 0.6 is 0 Å². The van der Waals surface area contributed by atoms with Crippen LogP contribution in [0.25, 0.3) is 0 Å². The van der Waals surface area contributed by atoms with Crippen LogP contribution < -0.4 is 4.72 Å². The minimum absolute atomic E-state index is 0.00518. The van der Waals surface area contributed by atoms with Gasteiger partial charge in [0.2, 0.25) is 10.0 Å². The molecule has 1 aliphatic rings. The molecule has 1 aliphatic heterocycles. The van der Waals surface area contributed by atoms with Crippen LogP contribution in [0.4, 0.5) is 13.2 Å². The predicted molar refractivity (Wildman–Crippen MR) is 69.0 cm³/mol. The van der Waals surface area contributed by atoms with Gasteiger partial charge in [0.25, 0.3) is 0 Å². The fraction of sp³-hybridized carbons (Fsp3) is 0.727. The van der Waals surface area contributed by atoms with Crippen molar-refractivity contribution < 1.29 is 21.6 Å². The molecule has 6 nitrogen and oxygen atoms in total. The lowest BCUT2D eigenvalue weighted by Gasteiger charge is -2.38. The first kappa shape index (κ1) is 16.2. The number of sulfonamides is 1. The maximum atomic E-state index is 12.7. The van der Waals surface area contributed by atoms with E-state index >= 15 is 0 Å². The number of likely N-dealkylation sites (tertiary alicyclic amines) is 1. The Bertz CT molecular complexity index is 599. The summed E-state index contributed by atoms with van der Waals surface area (Å²) >= 11 is 0. The number of hydrogen-bond acceptors (Lipinski definition) is 4. The Morgan fingerprint density at radius 3 is 2.48 bits per heavy atom. The van der Waals surface area contributed by atoms with Gasteiger partial charge in [-0.05, 0) is 19.9 Å². The first-order valence-electron chi connectivity index (χ1n) is 6.37. The van der Waals surface area contributed by atoms with Crippen LogP contribution in [0.2, 0.25) is 0 Å². The van der Waals surface area contributed by atoms with Crippen molar-refractivity contribution in [1.29, 1.82) is 0 Å². The Morgan fingerprint density at radius 2 is 2.00 bits per heavy atom. The van der Waals surface area contributed by atoms with Crippen LogP contribution in [-0.4, -0.2) is 55.0 Å². The standard InChI is InChI=1S/C11H17F3N4O2S/c1-17-6-8(3-4-10(17)11(12,13)14)16-21(19,20)9-5-15-18(2)7-9/h5,7-8,10,16H,3-4,6H2,1-2H3/t8-,10+/m1/s1. The highest BCUT2D eigenvalue weighted by Crippen LogP contribution is 2.31. The number of nitrogens with zero attached hydrogens (tertiary/aromatic N) is 3. The van der Waals surface area contributed by atoms with E-state index in [0.717, 1.165) is 4.90 Å². The Kier molecular flexibility index (Phi) is 4.31. The van der Waals surface area contributed by atoms with Crippen molar-refractivity contribution in [2.75, 3.05) is 13.6 Å². The lowest BCUT2D eigenvalue weighted by molar-refractivity contribution is -0.188. The smallest absolute Gasteiger partial charge is 0.294 e. The van der Waals surface area contributed by atoms with E-state index < -0.39 is 28.3 Å². The summed E-state index contributed by atoms with van der Waals surface area (Å²) in [5.74, 6) is 0. The number of rotatable bonds is 3. The Labute approximate surface area is 121 Å². The van der Waals surface area contributed by atoms with E-state index in [-0.39, 0.29) is 24.3 Å².